The first kappa shape index (κ1) is 22.1. The zero-order valence-electron chi connectivity index (χ0n) is 19.4. The Morgan fingerprint density at radius 2 is 1.82 bits per heavy atom. The second kappa shape index (κ2) is 8.90. The van der Waals surface area contributed by atoms with Crippen molar-refractivity contribution < 1.29 is 9.90 Å². The standard InChI is InChI=1S/C25H26N6O2S/c1-16-14-19(18(3)34-16)21-8-9-26-25(28-21)31-17(2)20(15-27-31)24(33)30-12-10-29(11-13-30)22-6-4-5-7-23(22)32/h4-9,14-15,32H,10-13H2,1-3H3. The molecule has 0 saturated carbocycles. The highest BCUT2D eigenvalue weighted by molar-refractivity contribution is 7.12. The van der Waals surface area contributed by atoms with Crippen molar-refractivity contribution in [3.8, 4) is 23.0 Å². The van der Waals surface area contributed by atoms with Crippen LogP contribution in [0, 0.1) is 20.8 Å². The fourth-order valence-corrected chi connectivity index (χ4v) is 5.29. The van der Waals surface area contributed by atoms with E-state index in [0.717, 1.165) is 16.9 Å². The molecule has 1 amide bonds. The molecule has 174 valence electrons. The van der Waals surface area contributed by atoms with Crippen molar-refractivity contribution >= 4 is 22.9 Å². The Morgan fingerprint density at radius 1 is 1.06 bits per heavy atom. The van der Waals surface area contributed by atoms with Crippen molar-refractivity contribution in [1.82, 2.24) is 24.6 Å². The van der Waals surface area contributed by atoms with Crippen molar-refractivity contribution in [3.63, 3.8) is 0 Å². The molecule has 0 radical (unpaired) electrons. The molecular weight excluding hydrogens is 448 g/mol. The third-order valence-corrected chi connectivity index (χ3v) is 7.14. The number of hydrogen-bond donors (Lipinski definition) is 1. The highest BCUT2D eigenvalue weighted by Gasteiger charge is 2.26. The average Bonchev–Trinajstić information content (AvgIpc) is 3.40. The zero-order chi connectivity index (χ0) is 23.8. The predicted molar refractivity (Wildman–Crippen MR) is 133 cm³/mol. The fourth-order valence-electron chi connectivity index (χ4n) is 4.36. The number of aryl methyl sites for hydroxylation is 2. The average molecular weight is 475 g/mol. The van der Waals surface area contributed by atoms with Crippen LogP contribution in [0.2, 0.25) is 0 Å². The number of benzene rings is 1. The Balaban J connectivity index is 1.34. The van der Waals surface area contributed by atoms with E-state index in [9.17, 15) is 9.90 Å². The van der Waals surface area contributed by atoms with E-state index < -0.39 is 0 Å². The summed E-state index contributed by atoms with van der Waals surface area (Å²) in [6, 6.07) is 11.3. The summed E-state index contributed by atoms with van der Waals surface area (Å²) in [6.07, 6.45) is 3.33. The molecule has 8 nitrogen and oxygen atoms in total. The summed E-state index contributed by atoms with van der Waals surface area (Å²) >= 11 is 1.74. The number of rotatable bonds is 4. The van der Waals surface area contributed by atoms with Crippen LogP contribution in [-0.4, -0.2) is 61.8 Å². The third kappa shape index (κ3) is 4.03. The number of carbonyl (C=O) groups is 1. The van der Waals surface area contributed by atoms with E-state index in [1.165, 1.54) is 9.75 Å². The molecule has 0 atom stereocenters. The number of phenols is 1. The van der Waals surface area contributed by atoms with E-state index in [1.807, 2.05) is 30.0 Å². The van der Waals surface area contributed by atoms with Gasteiger partial charge in [-0.1, -0.05) is 12.1 Å². The molecule has 1 aliphatic heterocycles. The zero-order valence-corrected chi connectivity index (χ0v) is 20.2. The summed E-state index contributed by atoms with van der Waals surface area (Å²) < 4.78 is 1.63. The molecule has 1 fully saturated rings. The number of hydrogen-bond acceptors (Lipinski definition) is 7. The van der Waals surface area contributed by atoms with E-state index in [0.29, 0.717) is 43.4 Å². The Morgan fingerprint density at radius 3 is 2.53 bits per heavy atom. The van der Waals surface area contributed by atoms with Gasteiger partial charge in [0.15, 0.2) is 0 Å². The Kier molecular flexibility index (Phi) is 5.79. The molecule has 3 aromatic heterocycles. The van der Waals surface area contributed by atoms with Gasteiger partial charge in [0.25, 0.3) is 11.9 Å². The minimum absolute atomic E-state index is 0.0545. The molecule has 4 heterocycles. The Hall–Kier alpha value is -3.72. The SMILES string of the molecule is Cc1cc(-c2ccnc(-n3ncc(C(=O)N4CCN(c5ccccc5O)CC4)c3C)n2)c(C)s1. The number of phenolic OH excluding ortho intramolecular Hbond substituents is 1. The molecule has 0 bridgehead atoms. The van der Waals surface area contributed by atoms with Gasteiger partial charge in [0.2, 0.25) is 0 Å². The number of anilines is 1. The van der Waals surface area contributed by atoms with E-state index in [1.54, 1.807) is 40.5 Å². The van der Waals surface area contributed by atoms with Crippen molar-refractivity contribution in [2.24, 2.45) is 0 Å². The molecular formula is C25H26N6O2S. The van der Waals surface area contributed by atoms with Gasteiger partial charge in [-0.25, -0.2) is 14.6 Å². The van der Waals surface area contributed by atoms with Gasteiger partial charge in [-0.2, -0.15) is 5.10 Å². The van der Waals surface area contributed by atoms with Crippen LogP contribution in [0.3, 0.4) is 0 Å². The molecule has 34 heavy (non-hydrogen) atoms. The van der Waals surface area contributed by atoms with Crippen molar-refractivity contribution in [1.29, 1.82) is 0 Å². The molecule has 0 unspecified atom stereocenters. The molecule has 5 rings (SSSR count). The lowest BCUT2D eigenvalue weighted by molar-refractivity contribution is 0.0746. The second-order valence-electron chi connectivity index (χ2n) is 8.39. The highest BCUT2D eigenvalue weighted by Crippen LogP contribution is 2.30. The fraction of sp³-hybridized carbons (Fsp3) is 0.280. The maximum absolute atomic E-state index is 13.3. The van der Waals surface area contributed by atoms with Gasteiger partial charge in [0, 0.05) is 47.7 Å². The molecule has 0 aliphatic carbocycles. The molecule has 1 aromatic carbocycles. The number of para-hydroxylation sites is 2. The van der Waals surface area contributed by atoms with E-state index >= 15 is 0 Å². The van der Waals surface area contributed by atoms with Crippen LogP contribution < -0.4 is 4.90 Å². The van der Waals surface area contributed by atoms with Gasteiger partial charge >= 0.3 is 0 Å². The van der Waals surface area contributed by atoms with Crippen LogP contribution in [0.15, 0.2) is 48.8 Å². The summed E-state index contributed by atoms with van der Waals surface area (Å²) in [5.74, 6) is 0.650. The van der Waals surface area contributed by atoms with Gasteiger partial charge in [-0.05, 0) is 45.0 Å². The number of aromatic nitrogens is 4. The quantitative estimate of drug-likeness (QED) is 0.481. The van der Waals surface area contributed by atoms with Crippen LogP contribution in [-0.2, 0) is 0 Å². The topological polar surface area (TPSA) is 87.4 Å². The largest absolute Gasteiger partial charge is 0.506 e. The smallest absolute Gasteiger partial charge is 0.257 e. The molecule has 9 heteroatoms. The highest BCUT2D eigenvalue weighted by atomic mass is 32.1. The number of piperazine rings is 1. The van der Waals surface area contributed by atoms with Crippen molar-refractivity contribution in [2.45, 2.75) is 20.8 Å². The van der Waals surface area contributed by atoms with E-state index in [2.05, 4.69) is 34.9 Å². The van der Waals surface area contributed by atoms with Crippen LogP contribution in [0.25, 0.3) is 17.2 Å². The molecule has 4 aromatic rings. The number of aromatic hydroxyl groups is 1. The first-order chi connectivity index (χ1) is 16.4. The summed E-state index contributed by atoms with van der Waals surface area (Å²) in [5.41, 5.74) is 3.99. The van der Waals surface area contributed by atoms with Gasteiger partial charge in [-0.15, -0.1) is 11.3 Å². The lowest BCUT2D eigenvalue weighted by atomic mass is 10.2. The van der Waals surface area contributed by atoms with E-state index in [4.69, 9.17) is 4.98 Å². The van der Waals surface area contributed by atoms with Crippen LogP contribution >= 0.6 is 11.3 Å². The Bertz CT molecular complexity index is 1350. The van der Waals surface area contributed by atoms with Gasteiger partial charge in [0.05, 0.1) is 28.8 Å². The minimum Gasteiger partial charge on any atom is -0.506 e. The molecule has 1 aliphatic rings. The number of carbonyl (C=O) groups excluding carboxylic acids is 1. The van der Waals surface area contributed by atoms with Crippen LogP contribution in [0.5, 0.6) is 5.75 Å². The maximum atomic E-state index is 13.3. The monoisotopic (exact) mass is 474 g/mol. The van der Waals surface area contributed by atoms with Crippen LogP contribution in [0.1, 0.15) is 25.8 Å². The summed E-state index contributed by atoms with van der Waals surface area (Å²) in [4.78, 5) is 28.8. The lowest BCUT2D eigenvalue weighted by Gasteiger charge is -2.36. The first-order valence-corrected chi connectivity index (χ1v) is 12.0. The number of amides is 1. The van der Waals surface area contributed by atoms with Crippen LogP contribution in [0.4, 0.5) is 5.69 Å². The summed E-state index contributed by atoms with van der Waals surface area (Å²) in [7, 11) is 0. The first-order valence-electron chi connectivity index (χ1n) is 11.2. The maximum Gasteiger partial charge on any atom is 0.257 e. The molecule has 1 saturated heterocycles. The minimum atomic E-state index is -0.0545. The van der Waals surface area contributed by atoms with Crippen molar-refractivity contribution in [2.75, 3.05) is 31.1 Å². The third-order valence-electron chi connectivity index (χ3n) is 6.18. The molecule has 0 spiro atoms. The van der Waals surface area contributed by atoms with Gasteiger partial charge < -0.3 is 14.9 Å². The number of thiophene rings is 1. The predicted octanol–water partition coefficient (Wildman–Crippen LogP) is 3.98. The number of nitrogens with zero attached hydrogens (tertiary/aromatic N) is 6. The van der Waals surface area contributed by atoms with Gasteiger partial charge in [-0.3, -0.25) is 4.79 Å². The normalized spacial score (nSPS) is 14.0. The summed E-state index contributed by atoms with van der Waals surface area (Å²) in [6.45, 7) is 8.49. The lowest BCUT2D eigenvalue weighted by Crippen LogP contribution is -2.48. The summed E-state index contributed by atoms with van der Waals surface area (Å²) in [5, 5.41) is 14.6. The Labute approximate surface area is 202 Å². The van der Waals surface area contributed by atoms with Crippen molar-refractivity contribution in [3.05, 3.63) is 69.8 Å². The second-order valence-corrected chi connectivity index (χ2v) is 9.85. The van der Waals surface area contributed by atoms with Gasteiger partial charge in [0.1, 0.15) is 5.75 Å². The van der Waals surface area contributed by atoms with E-state index in [-0.39, 0.29) is 11.7 Å². The molecule has 1 N–H and O–H groups in total.